The minimum absolute atomic E-state index is 0.338. The summed E-state index contributed by atoms with van der Waals surface area (Å²) in [5, 5.41) is 6.24. The van der Waals surface area contributed by atoms with Gasteiger partial charge >= 0.3 is 0 Å². The average molecular weight is 331 g/mol. The molecule has 1 aromatic carbocycles. The highest BCUT2D eigenvalue weighted by Crippen LogP contribution is 2.31. The molecule has 0 bridgehead atoms. The third-order valence-electron chi connectivity index (χ3n) is 2.66. The van der Waals surface area contributed by atoms with Crippen LogP contribution in [-0.4, -0.2) is 7.05 Å². The van der Waals surface area contributed by atoms with Gasteiger partial charge in [0.1, 0.15) is 0 Å². The summed E-state index contributed by atoms with van der Waals surface area (Å²) in [4.78, 5) is 1.34. The van der Waals surface area contributed by atoms with Crippen LogP contribution in [0.25, 0.3) is 0 Å². The van der Waals surface area contributed by atoms with E-state index in [0.717, 1.165) is 11.4 Å². The lowest BCUT2D eigenvalue weighted by molar-refractivity contribution is 0.600. The van der Waals surface area contributed by atoms with Crippen LogP contribution >= 0.6 is 38.9 Å². The fraction of sp³-hybridized carbons (Fsp3) is 0.231. The minimum atomic E-state index is 0.338. The van der Waals surface area contributed by atoms with Crippen molar-refractivity contribution in [1.82, 2.24) is 5.32 Å². The summed E-state index contributed by atoms with van der Waals surface area (Å²) in [6, 6.07) is 10.5. The summed E-state index contributed by atoms with van der Waals surface area (Å²) in [6.45, 7) is 0. The van der Waals surface area contributed by atoms with Crippen LogP contribution in [0.5, 0.6) is 0 Å². The molecule has 1 N–H and O–H groups in total. The number of halogens is 2. The van der Waals surface area contributed by atoms with Crippen LogP contribution in [0.3, 0.4) is 0 Å². The van der Waals surface area contributed by atoms with E-state index < -0.39 is 0 Å². The molecule has 0 amide bonds. The van der Waals surface area contributed by atoms with Gasteiger partial charge in [0, 0.05) is 20.4 Å². The molecule has 0 saturated heterocycles. The third-order valence-corrected chi connectivity index (χ3v) is 4.90. The zero-order chi connectivity index (χ0) is 12.3. The highest BCUT2D eigenvalue weighted by atomic mass is 79.9. The fourth-order valence-corrected chi connectivity index (χ4v) is 3.62. The van der Waals surface area contributed by atoms with Crippen LogP contribution < -0.4 is 5.32 Å². The zero-order valence-electron chi connectivity index (χ0n) is 9.41. The SMILES string of the molecule is CNC(Cc1ccc(Cl)cc1)c1sccc1Br. The van der Waals surface area contributed by atoms with Crippen molar-refractivity contribution in [1.29, 1.82) is 0 Å². The van der Waals surface area contributed by atoms with Gasteiger partial charge in [0.25, 0.3) is 0 Å². The van der Waals surface area contributed by atoms with Crippen molar-refractivity contribution in [2.24, 2.45) is 0 Å². The van der Waals surface area contributed by atoms with Gasteiger partial charge in [0.05, 0.1) is 0 Å². The molecule has 17 heavy (non-hydrogen) atoms. The number of likely N-dealkylation sites (N-methyl/N-ethyl adjacent to an activating group) is 1. The number of rotatable bonds is 4. The Labute approximate surface area is 119 Å². The molecule has 0 aliphatic heterocycles. The molecule has 0 radical (unpaired) electrons. The molecular weight excluding hydrogens is 318 g/mol. The smallest absolute Gasteiger partial charge is 0.0464 e. The molecule has 0 saturated carbocycles. The van der Waals surface area contributed by atoms with Crippen LogP contribution in [0, 0.1) is 0 Å². The van der Waals surface area contributed by atoms with Crippen LogP contribution in [0.2, 0.25) is 5.02 Å². The molecule has 0 aliphatic carbocycles. The van der Waals surface area contributed by atoms with Gasteiger partial charge in [-0.1, -0.05) is 23.7 Å². The first-order valence-electron chi connectivity index (χ1n) is 5.35. The molecule has 1 nitrogen and oxygen atoms in total. The van der Waals surface area contributed by atoms with E-state index in [2.05, 4.69) is 44.8 Å². The Bertz CT molecular complexity index is 480. The predicted octanol–water partition coefficient (Wildman–Crippen LogP) is 4.67. The summed E-state index contributed by atoms with van der Waals surface area (Å²) in [5.41, 5.74) is 1.29. The van der Waals surface area contributed by atoms with E-state index in [-0.39, 0.29) is 0 Å². The second-order valence-electron chi connectivity index (χ2n) is 3.80. The molecule has 0 fully saturated rings. The Morgan fingerprint density at radius 3 is 2.53 bits per heavy atom. The molecular formula is C13H13BrClNS. The number of hydrogen-bond acceptors (Lipinski definition) is 2. The Balaban J connectivity index is 2.16. The van der Waals surface area contributed by atoms with Crippen molar-refractivity contribution in [2.75, 3.05) is 7.05 Å². The third kappa shape index (κ3) is 3.32. The lowest BCUT2D eigenvalue weighted by atomic mass is 10.1. The lowest BCUT2D eigenvalue weighted by Gasteiger charge is -2.15. The molecule has 1 aromatic heterocycles. The second kappa shape index (κ2) is 6.01. The van der Waals surface area contributed by atoms with Gasteiger partial charge in [-0.25, -0.2) is 0 Å². The molecule has 1 unspecified atom stereocenters. The maximum absolute atomic E-state index is 5.89. The highest BCUT2D eigenvalue weighted by Gasteiger charge is 2.14. The van der Waals surface area contributed by atoms with Crippen LogP contribution in [0.4, 0.5) is 0 Å². The normalized spacial score (nSPS) is 12.6. The summed E-state index contributed by atoms with van der Waals surface area (Å²) < 4.78 is 1.18. The molecule has 4 heteroatoms. The first-order valence-corrected chi connectivity index (χ1v) is 7.40. The van der Waals surface area contributed by atoms with Crippen molar-refractivity contribution in [2.45, 2.75) is 12.5 Å². The largest absolute Gasteiger partial charge is 0.312 e. The van der Waals surface area contributed by atoms with Gasteiger partial charge in [0.15, 0.2) is 0 Å². The highest BCUT2D eigenvalue weighted by molar-refractivity contribution is 9.10. The van der Waals surface area contributed by atoms with E-state index >= 15 is 0 Å². The monoisotopic (exact) mass is 329 g/mol. The summed E-state index contributed by atoms with van der Waals surface area (Å²) in [5.74, 6) is 0. The van der Waals surface area contributed by atoms with E-state index in [1.54, 1.807) is 11.3 Å². The average Bonchev–Trinajstić information content (AvgIpc) is 2.75. The van der Waals surface area contributed by atoms with Gasteiger partial charge in [-0.05, 0) is 58.5 Å². The van der Waals surface area contributed by atoms with Crippen LogP contribution in [0.1, 0.15) is 16.5 Å². The molecule has 0 spiro atoms. The summed E-state index contributed by atoms with van der Waals surface area (Å²) in [6.07, 6.45) is 0.965. The van der Waals surface area contributed by atoms with Gasteiger partial charge in [-0.15, -0.1) is 11.3 Å². The maximum Gasteiger partial charge on any atom is 0.0464 e. The predicted molar refractivity (Wildman–Crippen MR) is 79.0 cm³/mol. The van der Waals surface area contributed by atoms with E-state index in [0.29, 0.717) is 6.04 Å². The number of hydrogen-bond donors (Lipinski definition) is 1. The lowest BCUT2D eigenvalue weighted by Crippen LogP contribution is -2.18. The zero-order valence-corrected chi connectivity index (χ0v) is 12.6. The van der Waals surface area contributed by atoms with Crippen molar-refractivity contribution < 1.29 is 0 Å². The number of benzene rings is 1. The molecule has 0 aliphatic rings. The summed E-state index contributed by atoms with van der Waals surface area (Å²) in [7, 11) is 1.99. The fourth-order valence-electron chi connectivity index (χ4n) is 1.74. The van der Waals surface area contributed by atoms with Crippen molar-refractivity contribution in [3.63, 3.8) is 0 Å². The minimum Gasteiger partial charge on any atom is -0.312 e. The Kier molecular flexibility index (Phi) is 4.62. The second-order valence-corrected chi connectivity index (χ2v) is 6.04. The van der Waals surface area contributed by atoms with Crippen molar-refractivity contribution in [3.8, 4) is 0 Å². The van der Waals surface area contributed by atoms with Gasteiger partial charge < -0.3 is 5.32 Å². The molecule has 90 valence electrons. The van der Waals surface area contributed by atoms with Gasteiger partial charge in [-0.3, -0.25) is 0 Å². The number of thiophene rings is 1. The summed E-state index contributed by atoms with van der Waals surface area (Å²) >= 11 is 11.2. The Morgan fingerprint density at radius 2 is 2.00 bits per heavy atom. The Morgan fingerprint density at radius 1 is 1.29 bits per heavy atom. The van der Waals surface area contributed by atoms with Gasteiger partial charge in [-0.2, -0.15) is 0 Å². The van der Waals surface area contributed by atoms with Crippen molar-refractivity contribution in [3.05, 3.63) is 55.6 Å². The van der Waals surface area contributed by atoms with Gasteiger partial charge in [0.2, 0.25) is 0 Å². The van der Waals surface area contributed by atoms with E-state index in [9.17, 15) is 0 Å². The molecule has 1 heterocycles. The van der Waals surface area contributed by atoms with Crippen LogP contribution in [-0.2, 0) is 6.42 Å². The van der Waals surface area contributed by atoms with Crippen molar-refractivity contribution >= 4 is 38.9 Å². The standard InChI is InChI=1S/C13H13BrClNS/c1-16-12(13-11(14)6-7-17-13)8-9-2-4-10(15)5-3-9/h2-7,12,16H,8H2,1H3. The molecule has 1 atom stereocenters. The Hall–Kier alpha value is -0.350. The maximum atomic E-state index is 5.89. The first kappa shape index (κ1) is 13.1. The first-order chi connectivity index (χ1) is 8.20. The molecule has 2 rings (SSSR count). The number of nitrogens with one attached hydrogen (secondary N) is 1. The van der Waals surface area contributed by atoms with E-state index in [4.69, 9.17) is 11.6 Å². The molecule has 2 aromatic rings. The topological polar surface area (TPSA) is 12.0 Å². The van der Waals surface area contributed by atoms with E-state index in [1.807, 2.05) is 19.2 Å². The van der Waals surface area contributed by atoms with E-state index in [1.165, 1.54) is 14.9 Å². The quantitative estimate of drug-likeness (QED) is 0.859. The van der Waals surface area contributed by atoms with Crippen LogP contribution in [0.15, 0.2) is 40.2 Å².